The molecule has 1 unspecified atom stereocenters. The van der Waals surface area contributed by atoms with E-state index in [1.165, 1.54) is 0 Å². The molecule has 1 N–H and O–H groups in total. The zero-order valence-corrected chi connectivity index (χ0v) is 10.8. The van der Waals surface area contributed by atoms with Crippen LogP contribution in [0.15, 0.2) is 28.7 Å². The molecule has 1 atom stereocenters. The lowest BCUT2D eigenvalue weighted by molar-refractivity contribution is -0.131. The third-order valence-electron chi connectivity index (χ3n) is 2.85. The van der Waals surface area contributed by atoms with Crippen LogP contribution in [-0.4, -0.2) is 30.9 Å². The topological polar surface area (TPSA) is 32.3 Å². The van der Waals surface area contributed by atoms with Crippen LogP contribution in [0.4, 0.5) is 0 Å². The molecule has 0 saturated carbocycles. The van der Waals surface area contributed by atoms with Gasteiger partial charge < -0.3 is 10.2 Å². The van der Waals surface area contributed by atoms with Gasteiger partial charge in [0, 0.05) is 18.1 Å². The van der Waals surface area contributed by atoms with Crippen LogP contribution in [0.3, 0.4) is 0 Å². The first kappa shape index (κ1) is 11.6. The van der Waals surface area contributed by atoms with E-state index in [-0.39, 0.29) is 11.9 Å². The Balaban J connectivity index is 2.24. The summed E-state index contributed by atoms with van der Waals surface area (Å²) >= 11 is 3.40. The van der Waals surface area contributed by atoms with E-state index < -0.39 is 0 Å². The van der Waals surface area contributed by atoms with E-state index in [4.69, 9.17) is 0 Å². The van der Waals surface area contributed by atoms with Crippen LogP contribution in [0.2, 0.25) is 0 Å². The Kier molecular flexibility index (Phi) is 3.61. The van der Waals surface area contributed by atoms with Gasteiger partial charge in [-0.1, -0.05) is 28.1 Å². The average Bonchev–Trinajstić information content (AvgIpc) is 2.44. The second kappa shape index (κ2) is 4.97. The molecule has 16 heavy (non-hydrogen) atoms. The Morgan fingerprint density at radius 2 is 2.06 bits per heavy atom. The van der Waals surface area contributed by atoms with E-state index in [2.05, 4.69) is 21.2 Å². The highest BCUT2D eigenvalue weighted by atomic mass is 79.9. The van der Waals surface area contributed by atoms with Crippen LogP contribution in [0, 0.1) is 0 Å². The first-order valence-electron chi connectivity index (χ1n) is 5.42. The maximum absolute atomic E-state index is 12.1. The third kappa shape index (κ3) is 2.44. The van der Waals surface area contributed by atoms with Crippen molar-refractivity contribution in [1.82, 2.24) is 10.2 Å². The third-order valence-corrected chi connectivity index (χ3v) is 3.37. The Hall–Kier alpha value is -0.870. The molecule has 4 heteroatoms. The lowest BCUT2D eigenvalue weighted by Gasteiger charge is -2.20. The van der Waals surface area contributed by atoms with Gasteiger partial charge in [-0.05, 0) is 30.7 Å². The minimum atomic E-state index is -0.194. The molecule has 86 valence electrons. The minimum Gasteiger partial charge on any atom is -0.344 e. The van der Waals surface area contributed by atoms with Gasteiger partial charge in [-0.15, -0.1) is 0 Å². The van der Waals surface area contributed by atoms with E-state index in [0.717, 1.165) is 29.5 Å². The number of amides is 1. The lowest BCUT2D eigenvalue weighted by atomic mass is 10.1. The number of rotatable bonds is 1. The molecule has 3 nitrogen and oxygen atoms in total. The highest BCUT2D eigenvalue weighted by Gasteiger charge is 2.25. The van der Waals surface area contributed by atoms with Crippen molar-refractivity contribution in [3.05, 3.63) is 34.3 Å². The number of hydrogen-bond donors (Lipinski definition) is 1. The Labute approximate surface area is 104 Å². The van der Waals surface area contributed by atoms with Crippen LogP contribution < -0.4 is 5.32 Å². The molecule has 1 amide bonds. The quantitative estimate of drug-likeness (QED) is 0.854. The van der Waals surface area contributed by atoms with Crippen molar-refractivity contribution in [2.24, 2.45) is 0 Å². The molecule has 1 saturated heterocycles. The van der Waals surface area contributed by atoms with Gasteiger partial charge in [0.25, 0.3) is 0 Å². The van der Waals surface area contributed by atoms with Gasteiger partial charge in [-0.3, -0.25) is 4.79 Å². The first-order valence-corrected chi connectivity index (χ1v) is 6.21. The molecule has 0 radical (unpaired) electrons. The second-order valence-corrected chi connectivity index (χ2v) is 4.97. The van der Waals surface area contributed by atoms with Crippen LogP contribution in [0.25, 0.3) is 0 Å². The molecule has 1 aliphatic rings. The van der Waals surface area contributed by atoms with Crippen LogP contribution in [0.5, 0.6) is 0 Å². The van der Waals surface area contributed by atoms with Crippen molar-refractivity contribution < 1.29 is 4.79 Å². The summed E-state index contributed by atoms with van der Waals surface area (Å²) in [5, 5.41) is 3.29. The largest absolute Gasteiger partial charge is 0.344 e. The number of hydrogen-bond acceptors (Lipinski definition) is 2. The molecule has 1 aromatic rings. The van der Waals surface area contributed by atoms with Crippen LogP contribution in [0.1, 0.15) is 18.0 Å². The number of carbonyl (C=O) groups excluding carboxylic acids is 1. The van der Waals surface area contributed by atoms with Crippen molar-refractivity contribution >= 4 is 21.8 Å². The fourth-order valence-corrected chi connectivity index (χ4v) is 2.16. The summed E-state index contributed by atoms with van der Waals surface area (Å²) in [6.45, 7) is 1.72. The zero-order valence-electron chi connectivity index (χ0n) is 9.24. The smallest absolute Gasteiger partial charge is 0.244 e. The molecular weight excluding hydrogens is 268 g/mol. The molecule has 0 bridgehead atoms. The van der Waals surface area contributed by atoms with Crippen LogP contribution >= 0.6 is 15.9 Å². The molecule has 0 aromatic heterocycles. The number of nitrogens with zero attached hydrogens (tertiary/aromatic N) is 1. The predicted octanol–water partition coefficient (Wildman–Crippen LogP) is 1.94. The van der Waals surface area contributed by atoms with Gasteiger partial charge in [-0.25, -0.2) is 0 Å². The molecular formula is C12H15BrN2O. The fraction of sp³-hybridized carbons (Fsp3) is 0.417. The van der Waals surface area contributed by atoms with E-state index in [9.17, 15) is 4.79 Å². The Morgan fingerprint density at radius 1 is 1.38 bits per heavy atom. The number of halogens is 1. The number of carbonyl (C=O) groups is 1. The lowest BCUT2D eigenvalue weighted by Crippen LogP contribution is -2.35. The molecule has 0 spiro atoms. The Morgan fingerprint density at radius 3 is 2.75 bits per heavy atom. The van der Waals surface area contributed by atoms with E-state index in [1.54, 1.807) is 4.90 Å². The molecule has 1 fully saturated rings. The summed E-state index contributed by atoms with van der Waals surface area (Å²) in [6.07, 6.45) is 1.01. The van der Waals surface area contributed by atoms with E-state index >= 15 is 0 Å². The summed E-state index contributed by atoms with van der Waals surface area (Å²) in [5.74, 6) is 0.153. The predicted molar refractivity (Wildman–Crippen MR) is 67.1 cm³/mol. The van der Waals surface area contributed by atoms with Crippen LogP contribution in [-0.2, 0) is 4.79 Å². The monoisotopic (exact) mass is 282 g/mol. The maximum atomic E-state index is 12.1. The number of nitrogens with one attached hydrogen (secondary N) is 1. The number of benzene rings is 1. The average molecular weight is 283 g/mol. The van der Waals surface area contributed by atoms with Gasteiger partial charge in [-0.2, -0.15) is 0 Å². The SMILES string of the molecule is CN1CCCNC(c2ccc(Br)cc2)C1=O. The summed E-state index contributed by atoms with van der Waals surface area (Å²) in [5.41, 5.74) is 1.03. The summed E-state index contributed by atoms with van der Waals surface area (Å²) in [4.78, 5) is 13.9. The van der Waals surface area contributed by atoms with Gasteiger partial charge in [0.15, 0.2) is 0 Å². The normalized spacial score (nSPS) is 22.0. The molecule has 0 aliphatic carbocycles. The summed E-state index contributed by atoms with van der Waals surface area (Å²) < 4.78 is 1.03. The second-order valence-electron chi connectivity index (χ2n) is 4.05. The molecule has 1 aliphatic heterocycles. The first-order chi connectivity index (χ1) is 7.68. The highest BCUT2D eigenvalue weighted by Crippen LogP contribution is 2.20. The fourth-order valence-electron chi connectivity index (χ4n) is 1.90. The maximum Gasteiger partial charge on any atom is 0.244 e. The van der Waals surface area contributed by atoms with E-state index in [0.29, 0.717) is 0 Å². The zero-order chi connectivity index (χ0) is 11.5. The number of likely N-dealkylation sites (N-methyl/N-ethyl adjacent to an activating group) is 1. The van der Waals surface area contributed by atoms with E-state index in [1.807, 2.05) is 31.3 Å². The molecule has 2 rings (SSSR count). The molecule has 1 aromatic carbocycles. The van der Waals surface area contributed by atoms with Crippen molar-refractivity contribution in [1.29, 1.82) is 0 Å². The van der Waals surface area contributed by atoms with Gasteiger partial charge in [0.2, 0.25) is 5.91 Å². The Bertz CT molecular complexity index is 377. The standard InChI is InChI=1S/C12H15BrN2O/c1-15-8-2-7-14-11(12(15)16)9-3-5-10(13)6-4-9/h3-6,11,14H,2,7-8H2,1H3. The summed E-state index contributed by atoms with van der Waals surface area (Å²) in [6, 6.07) is 7.71. The highest BCUT2D eigenvalue weighted by molar-refractivity contribution is 9.10. The van der Waals surface area contributed by atoms with Gasteiger partial charge in [0.05, 0.1) is 0 Å². The summed E-state index contributed by atoms with van der Waals surface area (Å²) in [7, 11) is 1.86. The van der Waals surface area contributed by atoms with Crippen molar-refractivity contribution in [3.8, 4) is 0 Å². The van der Waals surface area contributed by atoms with Gasteiger partial charge in [0.1, 0.15) is 6.04 Å². The molecule has 1 heterocycles. The van der Waals surface area contributed by atoms with Crippen molar-refractivity contribution in [3.63, 3.8) is 0 Å². The van der Waals surface area contributed by atoms with Gasteiger partial charge >= 0.3 is 0 Å². The van der Waals surface area contributed by atoms with Crippen molar-refractivity contribution in [2.45, 2.75) is 12.5 Å². The minimum absolute atomic E-state index is 0.153. The van der Waals surface area contributed by atoms with Crippen molar-refractivity contribution in [2.75, 3.05) is 20.1 Å².